The Bertz CT molecular complexity index is 579. The maximum absolute atomic E-state index is 6.16. The standard InChI is InChI=1S/C18H22BrNO/c1-3-18(13-20,15-7-5-4-6-8-15)12-14-9-10-17(21-2)16(19)11-14/h4-11H,3,12-13,20H2,1-2H3. The van der Waals surface area contributed by atoms with Gasteiger partial charge in [0, 0.05) is 12.0 Å². The van der Waals surface area contributed by atoms with Crippen LogP contribution in [0.5, 0.6) is 5.75 Å². The third-order valence-corrected chi connectivity index (χ3v) is 4.83. The monoisotopic (exact) mass is 347 g/mol. The van der Waals surface area contributed by atoms with Crippen LogP contribution in [0.1, 0.15) is 24.5 Å². The van der Waals surface area contributed by atoms with E-state index in [0.29, 0.717) is 6.54 Å². The Morgan fingerprint density at radius 1 is 1.14 bits per heavy atom. The fraction of sp³-hybridized carbons (Fsp3) is 0.333. The molecule has 0 amide bonds. The van der Waals surface area contributed by atoms with Crippen LogP contribution in [0.2, 0.25) is 0 Å². The average molecular weight is 348 g/mol. The van der Waals surface area contributed by atoms with Crippen molar-refractivity contribution in [3.05, 3.63) is 64.1 Å². The number of rotatable bonds is 6. The zero-order valence-corrected chi connectivity index (χ0v) is 14.2. The highest BCUT2D eigenvalue weighted by Gasteiger charge is 2.29. The summed E-state index contributed by atoms with van der Waals surface area (Å²) in [6, 6.07) is 16.8. The molecule has 2 rings (SSSR count). The van der Waals surface area contributed by atoms with Gasteiger partial charge < -0.3 is 10.5 Å². The average Bonchev–Trinajstić information content (AvgIpc) is 2.54. The Morgan fingerprint density at radius 3 is 2.38 bits per heavy atom. The molecule has 2 aromatic rings. The Kier molecular flexibility index (Phi) is 5.43. The summed E-state index contributed by atoms with van der Waals surface area (Å²) >= 11 is 3.56. The van der Waals surface area contributed by atoms with E-state index in [-0.39, 0.29) is 5.41 Å². The van der Waals surface area contributed by atoms with Gasteiger partial charge in [0.1, 0.15) is 5.75 Å². The second-order valence-corrected chi connectivity index (χ2v) is 6.20. The summed E-state index contributed by atoms with van der Waals surface area (Å²) < 4.78 is 6.28. The number of hydrogen-bond acceptors (Lipinski definition) is 2. The summed E-state index contributed by atoms with van der Waals surface area (Å²) in [6.07, 6.45) is 1.93. The molecular weight excluding hydrogens is 326 g/mol. The summed E-state index contributed by atoms with van der Waals surface area (Å²) in [5, 5.41) is 0. The lowest BCUT2D eigenvalue weighted by molar-refractivity contribution is 0.408. The molecule has 21 heavy (non-hydrogen) atoms. The van der Waals surface area contributed by atoms with Crippen LogP contribution in [0.3, 0.4) is 0 Å². The fourth-order valence-electron chi connectivity index (χ4n) is 2.77. The van der Waals surface area contributed by atoms with Crippen molar-refractivity contribution in [1.82, 2.24) is 0 Å². The van der Waals surface area contributed by atoms with E-state index in [9.17, 15) is 0 Å². The van der Waals surface area contributed by atoms with E-state index in [1.807, 2.05) is 12.1 Å². The molecule has 0 aromatic heterocycles. The lowest BCUT2D eigenvalue weighted by Gasteiger charge is -2.32. The predicted molar refractivity (Wildman–Crippen MR) is 91.9 cm³/mol. The van der Waals surface area contributed by atoms with E-state index >= 15 is 0 Å². The minimum absolute atomic E-state index is 0.0186. The predicted octanol–water partition coefficient (Wildman–Crippen LogP) is 4.31. The molecule has 2 aromatic carbocycles. The van der Waals surface area contributed by atoms with E-state index < -0.39 is 0 Å². The number of ether oxygens (including phenoxy) is 1. The SMILES string of the molecule is CCC(CN)(Cc1ccc(OC)c(Br)c1)c1ccccc1. The van der Waals surface area contributed by atoms with Gasteiger partial charge >= 0.3 is 0 Å². The third kappa shape index (κ3) is 3.47. The van der Waals surface area contributed by atoms with Gasteiger partial charge in [0.05, 0.1) is 11.6 Å². The number of methoxy groups -OCH3 is 1. The highest BCUT2D eigenvalue weighted by molar-refractivity contribution is 9.10. The summed E-state index contributed by atoms with van der Waals surface area (Å²) in [7, 11) is 1.68. The van der Waals surface area contributed by atoms with E-state index in [0.717, 1.165) is 23.1 Å². The molecule has 3 heteroatoms. The number of nitrogens with two attached hydrogens (primary N) is 1. The van der Waals surface area contributed by atoms with Gasteiger partial charge in [-0.2, -0.15) is 0 Å². The van der Waals surface area contributed by atoms with Crippen molar-refractivity contribution < 1.29 is 4.74 Å². The smallest absolute Gasteiger partial charge is 0.133 e. The largest absolute Gasteiger partial charge is 0.496 e. The van der Waals surface area contributed by atoms with Gasteiger partial charge in [0.15, 0.2) is 0 Å². The first-order valence-electron chi connectivity index (χ1n) is 7.23. The molecule has 0 saturated heterocycles. The first-order chi connectivity index (χ1) is 10.1. The van der Waals surface area contributed by atoms with Crippen LogP contribution < -0.4 is 10.5 Å². The van der Waals surface area contributed by atoms with Crippen molar-refractivity contribution in [1.29, 1.82) is 0 Å². The molecule has 0 aliphatic heterocycles. The number of hydrogen-bond donors (Lipinski definition) is 1. The third-order valence-electron chi connectivity index (χ3n) is 4.21. The van der Waals surface area contributed by atoms with E-state index in [2.05, 4.69) is 59.3 Å². The zero-order chi connectivity index (χ0) is 15.3. The second kappa shape index (κ2) is 7.10. The first kappa shape index (κ1) is 16.1. The van der Waals surface area contributed by atoms with Gasteiger partial charge in [-0.05, 0) is 52.0 Å². The molecule has 0 spiro atoms. The van der Waals surface area contributed by atoms with E-state index in [4.69, 9.17) is 10.5 Å². The zero-order valence-electron chi connectivity index (χ0n) is 12.6. The quantitative estimate of drug-likeness (QED) is 0.844. The van der Waals surface area contributed by atoms with Gasteiger partial charge in [-0.25, -0.2) is 0 Å². The van der Waals surface area contributed by atoms with Crippen LogP contribution in [0.4, 0.5) is 0 Å². The molecule has 112 valence electrons. The Hall–Kier alpha value is -1.32. The Morgan fingerprint density at radius 2 is 1.86 bits per heavy atom. The molecule has 1 unspecified atom stereocenters. The van der Waals surface area contributed by atoms with Crippen molar-refractivity contribution in [2.75, 3.05) is 13.7 Å². The van der Waals surface area contributed by atoms with Crippen LogP contribution in [-0.2, 0) is 11.8 Å². The molecule has 0 bridgehead atoms. The molecule has 1 atom stereocenters. The number of benzene rings is 2. The molecule has 0 heterocycles. The molecule has 0 aliphatic rings. The molecule has 2 nitrogen and oxygen atoms in total. The normalized spacial score (nSPS) is 13.7. The summed E-state index contributed by atoms with van der Waals surface area (Å²) in [4.78, 5) is 0. The van der Waals surface area contributed by atoms with E-state index in [1.54, 1.807) is 7.11 Å². The van der Waals surface area contributed by atoms with Gasteiger partial charge in [-0.1, -0.05) is 43.3 Å². The molecule has 0 fully saturated rings. The summed E-state index contributed by atoms with van der Waals surface area (Å²) in [5.41, 5.74) is 8.71. The maximum atomic E-state index is 6.16. The van der Waals surface area contributed by atoms with Crippen LogP contribution in [-0.4, -0.2) is 13.7 Å². The van der Waals surface area contributed by atoms with Crippen LogP contribution in [0.15, 0.2) is 53.0 Å². The van der Waals surface area contributed by atoms with Crippen LogP contribution in [0.25, 0.3) is 0 Å². The van der Waals surface area contributed by atoms with Crippen molar-refractivity contribution in [3.63, 3.8) is 0 Å². The van der Waals surface area contributed by atoms with Crippen molar-refractivity contribution in [3.8, 4) is 5.75 Å². The van der Waals surface area contributed by atoms with Crippen molar-refractivity contribution in [2.45, 2.75) is 25.2 Å². The lowest BCUT2D eigenvalue weighted by atomic mass is 9.73. The van der Waals surface area contributed by atoms with Gasteiger partial charge in [0.25, 0.3) is 0 Å². The minimum Gasteiger partial charge on any atom is -0.496 e. The lowest BCUT2D eigenvalue weighted by Crippen LogP contribution is -2.36. The summed E-state index contributed by atoms with van der Waals surface area (Å²) in [5.74, 6) is 0.855. The topological polar surface area (TPSA) is 35.2 Å². The molecule has 0 aliphatic carbocycles. The van der Waals surface area contributed by atoms with Gasteiger partial charge in [-0.3, -0.25) is 0 Å². The molecule has 2 N–H and O–H groups in total. The Labute approximate surface area is 135 Å². The minimum atomic E-state index is -0.0186. The van der Waals surface area contributed by atoms with E-state index in [1.165, 1.54) is 11.1 Å². The Balaban J connectivity index is 2.34. The fourth-order valence-corrected chi connectivity index (χ4v) is 3.36. The van der Waals surface area contributed by atoms with Crippen LogP contribution >= 0.6 is 15.9 Å². The maximum Gasteiger partial charge on any atom is 0.133 e. The molecule has 0 saturated carbocycles. The molecular formula is C18H22BrNO. The highest BCUT2D eigenvalue weighted by Crippen LogP contribution is 2.33. The van der Waals surface area contributed by atoms with Crippen molar-refractivity contribution in [2.24, 2.45) is 5.73 Å². The van der Waals surface area contributed by atoms with Crippen LogP contribution in [0, 0.1) is 0 Å². The van der Waals surface area contributed by atoms with Gasteiger partial charge in [0.2, 0.25) is 0 Å². The summed E-state index contributed by atoms with van der Waals surface area (Å²) in [6.45, 7) is 2.84. The van der Waals surface area contributed by atoms with Gasteiger partial charge in [-0.15, -0.1) is 0 Å². The number of halogens is 1. The highest BCUT2D eigenvalue weighted by atomic mass is 79.9. The second-order valence-electron chi connectivity index (χ2n) is 5.35. The first-order valence-corrected chi connectivity index (χ1v) is 8.02. The molecule has 0 radical (unpaired) electrons. The van der Waals surface area contributed by atoms with Crippen molar-refractivity contribution >= 4 is 15.9 Å².